The lowest BCUT2D eigenvalue weighted by Crippen LogP contribution is -2.38. The molecule has 1 atom stereocenters. The second-order valence-corrected chi connectivity index (χ2v) is 5.43. The number of nitrogens with one attached hydrogen (secondary N) is 2. The Labute approximate surface area is 129 Å². The van der Waals surface area contributed by atoms with Crippen molar-refractivity contribution in [2.75, 3.05) is 38.2 Å². The Kier molecular flexibility index (Phi) is 6.45. The van der Waals surface area contributed by atoms with Crippen molar-refractivity contribution in [3.8, 4) is 0 Å². The third kappa shape index (κ3) is 5.61. The molecule has 1 aromatic carbocycles. The lowest BCUT2D eigenvalue weighted by molar-refractivity contribution is -0.125. The maximum absolute atomic E-state index is 11.9. The van der Waals surface area contributed by atoms with Gasteiger partial charge in [0.2, 0.25) is 11.8 Å². The van der Waals surface area contributed by atoms with E-state index < -0.39 is 0 Å². The molecular weight excluding hydrogens is 292 g/mol. The average Bonchev–Trinajstić information content (AvgIpc) is 2.40. The lowest BCUT2D eigenvalue weighted by atomic mass is 10.1. The standard InChI is InChI=1S/C14H21ClN4O2/c1-9(14(21)17-2)7-19(3)8-13(20)18-12-5-4-10(15)6-11(12)16/h4-6,9H,7-8,16H2,1-3H3,(H,17,21)(H,18,20). The number of carbonyl (C=O) groups is 2. The van der Waals surface area contributed by atoms with Crippen LogP contribution < -0.4 is 16.4 Å². The topological polar surface area (TPSA) is 87.5 Å². The van der Waals surface area contributed by atoms with E-state index >= 15 is 0 Å². The van der Waals surface area contributed by atoms with Crippen LogP contribution in [0, 0.1) is 5.92 Å². The summed E-state index contributed by atoms with van der Waals surface area (Å²) in [5.74, 6) is -0.437. The van der Waals surface area contributed by atoms with Crippen LogP contribution in [0.25, 0.3) is 0 Å². The number of nitrogens with two attached hydrogens (primary N) is 1. The number of likely N-dealkylation sites (N-methyl/N-ethyl adjacent to an activating group) is 1. The summed E-state index contributed by atoms with van der Waals surface area (Å²) in [4.78, 5) is 25.2. The second-order valence-electron chi connectivity index (χ2n) is 4.99. The fraction of sp³-hybridized carbons (Fsp3) is 0.429. The Morgan fingerprint density at radius 3 is 2.67 bits per heavy atom. The van der Waals surface area contributed by atoms with E-state index in [0.29, 0.717) is 22.9 Å². The van der Waals surface area contributed by atoms with E-state index in [2.05, 4.69) is 10.6 Å². The monoisotopic (exact) mass is 312 g/mol. The minimum atomic E-state index is -0.198. The van der Waals surface area contributed by atoms with Crippen LogP contribution in [0.4, 0.5) is 11.4 Å². The third-order valence-electron chi connectivity index (χ3n) is 2.98. The van der Waals surface area contributed by atoms with Gasteiger partial charge in [-0.2, -0.15) is 0 Å². The van der Waals surface area contributed by atoms with Gasteiger partial charge in [0.05, 0.1) is 17.9 Å². The zero-order chi connectivity index (χ0) is 16.0. The highest BCUT2D eigenvalue weighted by atomic mass is 35.5. The number of carbonyl (C=O) groups excluding carboxylic acids is 2. The van der Waals surface area contributed by atoms with Crippen molar-refractivity contribution >= 4 is 34.8 Å². The molecule has 0 bridgehead atoms. The van der Waals surface area contributed by atoms with E-state index in [1.165, 1.54) is 0 Å². The van der Waals surface area contributed by atoms with Gasteiger partial charge in [-0.25, -0.2) is 0 Å². The van der Waals surface area contributed by atoms with Crippen LogP contribution in [0.3, 0.4) is 0 Å². The molecule has 4 N–H and O–H groups in total. The van der Waals surface area contributed by atoms with Crippen molar-refractivity contribution in [1.82, 2.24) is 10.2 Å². The van der Waals surface area contributed by atoms with Crippen LogP contribution in [-0.4, -0.2) is 43.9 Å². The van der Waals surface area contributed by atoms with Gasteiger partial charge in [-0.1, -0.05) is 18.5 Å². The number of hydrogen-bond acceptors (Lipinski definition) is 4. The Hall–Kier alpha value is -1.79. The maximum Gasteiger partial charge on any atom is 0.238 e. The molecule has 1 rings (SSSR count). The molecule has 2 amide bonds. The van der Waals surface area contributed by atoms with Crippen LogP contribution >= 0.6 is 11.6 Å². The van der Waals surface area contributed by atoms with Crippen molar-refractivity contribution < 1.29 is 9.59 Å². The molecule has 6 nitrogen and oxygen atoms in total. The first kappa shape index (κ1) is 17.3. The SMILES string of the molecule is CNC(=O)C(C)CN(C)CC(=O)Nc1ccc(Cl)cc1N. The summed E-state index contributed by atoms with van der Waals surface area (Å²) < 4.78 is 0. The predicted molar refractivity (Wildman–Crippen MR) is 85.2 cm³/mol. The largest absolute Gasteiger partial charge is 0.397 e. The summed E-state index contributed by atoms with van der Waals surface area (Å²) in [6, 6.07) is 4.89. The molecule has 0 aliphatic heterocycles. The van der Waals surface area contributed by atoms with Gasteiger partial charge in [-0.3, -0.25) is 14.5 Å². The molecule has 0 aliphatic rings. The van der Waals surface area contributed by atoms with Gasteiger partial charge in [0.1, 0.15) is 0 Å². The molecule has 0 aromatic heterocycles. The minimum Gasteiger partial charge on any atom is -0.397 e. The van der Waals surface area contributed by atoms with Crippen LogP contribution in [0.15, 0.2) is 18.2 Å². The molecule has 0 aliphatic carbocycles. The van der Waals surface area contributed by atoms with Gasteiger partial charge >= 0.3 is 0 Å². The van der Waals surface area contributed by atoms with Gasteiger partial charge in [0, 0.05) is 24.5 Å². The average molecular weight is 313 g/mol. The van der Waals surface area contributed by atoms with Crippen LogP contribution in [0.2, 0.25) is 5.02 Å². The van der Waals surface area contributed by atoms with Gasteiger partial charge in [0.15, 0.2) is 0 Å². The van der Waals surface area contributed by atoms with Gasteiger partial charge in [-0.15, -0.1) is 0 Å². The summed E-state index contributed by atoms with van der Waals surface area (Å²) in [7, 11) is 3.37. The fourth-order valence-electron chi connectivity index (χ4n) is 1.94. The first-order chi connectivity index (χ1) is 9.83. The molecule has 7 heteroatoms. The summed E-state index contributed by atoms with van der Waals surface area (Å²) in [5, 5.41) is 5.82. The van der Waals surface area contributed by atoms with E-state index in [9.17, 15) is 9.59 Å². The van der Waals surface area contributed by atoms with E-state index in [1.54, 1.807) is 37.2 Å². The number of amides is 2. The summed E-state index contributed by atoms with van der Waals surface area (Å²) in [6.45, 7) is 2.47. The number of rotatable bonds is 6. The zero-order valence-corrected chi connectivity index (χ0v) is 13.2. The van der Waals surface area contributed by atoms with Gasteiger partial charge in [-0.05, 0) is 25.2 Å². The maximum atomic E-state index is 11.9. The van der Waals surface area contributed by atoms with Crippen molar-refractivity contribution in [3.63, 3.8) is 0 Å². The first-order valence-electron chi connectivity index (χ1n) is 6.58. The summed E-state index contributed by atoms with van der Waals surface area (Å²) >= 11 is 5.80. The zero-order valence-electron chi connectivity index (χ0n) is 12.4. The Bertz CT molecular complexity index is 522. The van der Waals surface area contributed by atoms with E-state index in [-0.39, 0.29) is 24.3 Å². The highest BCUT2D eigenvalue weighted by Crippen LogP contribution is 2.22. The van der Waals surface area contributed by atoms with E-state index in [0.717, 1.165) is 0 Å². The first-order valence-corrected chi connectivity index (χ1v) is 6.96. The Morgan fingerprint density at radius 2 is 2.10 bits per heavy atom. The predicted octanol–water partition coefficient (Wildman–Crippen LogP) is 1.17. The molecule has 0 heterocycles. The van der Waals surface area contributed by atoms with E-state index in [4.69, 9.17) is 17.3 Å². The number of hydrogen-bond donors (Lipinski definition) is 3. The highest BCUT2D eigenvalue weighted by Gasteiger charge is 2.15. The smallest absolute Gasteiger partial charge is 0.238 e. The van der Waals surface area contributed by atoms with Crippen molar-refractivity contribution in [3.05, 3.63) is 23.2 Å². The lowest BCUT2D eigenvalue weighted by Gasteiger charge is -2.20. The van der Waals surface area contributed by atoms with Crippen LogP contribution in [0.5, 0.6) is 0 Å². The number of nitrogen functional groups attached to an aromatic ring is 1. The molecular formula is C14H21ClN4O2. The molecule has 21 heavy (non-hydrogen) atoms. The number of anilines is 2. The molecule has 0 radical (unpaired) electrons. The quantitative estimate of drug-likeness (QED) is 0.688. The molecule has 1 aromatic rings. The Morgan fingerprint density at radius 1 is 1.43 bits per heavy atom. The van der Waals surface area contributed by atoms with Gasteiger partial charge < -0.3 is 16.4 Å². The normalized spacial score (nSPS) is 12.0. The Balaban J connectivity index is 2.51. The van der Waals surface area contributed by atoms with Crippen molar-refractivity contribution in [1.29, 1.82) is 0 Å². The number of nitrogens with zero attached hydrogens (tertiary/aromatic N) is 1. The van der Waals surface area contributed by atoms with Crippen LogP contribution in [-0.2, 0) is 9.59 Å². The number of halogens is 1. The van der Waals surface area contributed by atoms with Crippen LogP contribution in [0.1, 0.15) is 6.92 Å². The second kappa shape index (κ2) is 7.85. The molecule has 0 saturated carbocycles. The summed E-state index contributed by atoms with van der Waals surface area (Å²) in [5.41, 5.74) is 6.71. The molecule has 0 fully saturated rings. The van der Waals surface area contributed by atoms with Crippen molar-refractivity contribution in [2.24, 2.45) is 5.92 Å². The highest BCUT2D eigenvalue weighted by molar-refractivity contribution is 6.31. The van der Waals surface area contributed by atoms with Crippen molar-refractivity contribution in [2.45, 2.75) is 6.92 Å². The molecule has 0 saturated heterocycles. The fourth-order valence-corrected chi connectivity index (χ4v) is 2.12. The molecule has 1 unspecified atom stereocenters. The molecule has 116 valence electrons. The van der Waals surface area contributed by atoms with E-state index in [1.807, 2.05) is 6.92 Å². The third-order valence-corrected chi connectivity index (χ3v) is 3.22. The minimum absolute atomic E-state index is 0.0517. The van der Waals surface area contributed by atoms with Gasteiger partial charge in [0.25, 0.3) is 0 Å². The number of benzene rings is 1. The molecule has 0 spiro atoms. The summed E-state index contributed by atoms with van der Waals surface area (Å²) in [6.07, 6.45) is 0.